The molecule has 1 unspecified atom stereocenters. The number of carbonyl (C=O) groups is 2. The molecule has 1 aliphatic carbocycles. The first-order valence-corrected chi connectivity index (χ1v) is 16.8. The van der Waals surface area contributed by atoms with Crippen LogP contribution in [0.5, 0.6) is 0 Å². The predicted molar refractivity (Wildman–Crippen MR) is 157 cm³/mol. The summed E-state index contributed by atoms with van der Waals surface area (Å²) in [5.74, 6) is 0.225. The number of piperidine rings is 1. The molecule has 0 bridgehead atoms. The number of nitrogens with zero attached hydrogens (tertiary/aromatic N) is 2. The smallest absolute Gasteiger partial charge is 0.229 e. The Kier molecular flexibility index (Phi) is 8.95. The predicted octanol–water partition coefficient (Wildman–Crippen LogP) is 4.53. The lowest BCUT2D eigenvalue weighted by Crippen LogP contribution is -2.45. The molecule has 2 aromatic carbocycles. The third kappa shape index (κ3) is 6.77. The molecule has 2 heterocycles. The molecule has 40 heavy (non-hydrogen) atoms. The van der Waals surface area contributed by atoms with Crippen LogP contribution in [0.1, 0.15) is 74.8 Å². The van der Waals surface area contributed by atoms with Gasteiger partial charge in [0.25, 0.3) is 0 Å². The molecule has 1 atom stereocenters. The molecule has 2 aliphatic heterocycles. The highest BCUT2D eigenvalue weighted by Crippen LogP contribution is 2.42. The fraction of sp³-hybridized carbons (Fsp3) is 0.562. The van der Waals surface area contributed by atoms with Gasteiger partial charge >= 0.3 is 0 Å². The van der Waals surface area contributed by atoms with Crippen molar-refractivity contribution in [1.82, 2.24) is 15.1 Å². The second kappa shape index (κ2) is 12.4. The molecule has 3 aliphatic rings. The molecular formula is C32H43N3O4S. The molecule has 1 N–H and O–H groups in total. The van der Waals surface area contributed by atoms with Crippen LogP contribution in [0.3, 0.4) is 0 Å². The van der Waals surface area contributed by atoms with Gasteiger partial charge in [0, 0.05) is 25.4 Å². The Morgan fingerprint density at radius 2 is 1.60 bits per heavy atom. The lowest BCUT2D eigenvalue weighted by atomic mass is 9.77. The van der Waals surface area contributed by atoms with Gasteiger partial charge in [0.2, 0.25) is 11.8 Å². The summed E-state index contributed by atoms with van der Waals surface area (Å²) in [6.07, 6.45) is 10.4. The molecule has 8 heteroatoms. The number of nitrogens with one attached hydrogen (secondary N) is 1. The summed E-state index contributed by atoms with van der Waals surface area (Å²) >= 11 is 0. The van der Waals surface area contributed by atoms with E-state index in [4.69, 9.17) is 0 Å². The van der Waals surface area contributed by atoms with Crippen molar-refractivity contribution < 1.29 is 18.0 Å². The SMILES string of the molecule is CS(=O)(=O)c1ccc(CN2CCC3(CCN(CCC(C(=O)NC4CCCCC4)c4ccccc4)CC3)C2=O)cc1. The Hall–Kier alpha value is -2.71. The lowest BCUT2D eigenvalue weighted by molar-refractivity contribution is -0.138. The normalized spacial score (nSPS) is 21.0. The van der Waals surface area contributed by atoms with E-state index in [2.05, 4.69) is 22.3 Å². The van der Waals surface area contributed by atoms with Crippen molar-refractivity contribution in [2.75, 3.05) is 32.4 Å². The Bertz CT molecular complexity index is 1260. The fourth-order valence-corrected chi connectivity index (χ4v) is 7.40. The molecule has 1 saturated carbocycles. The first-order valence-electron chi connectivity index (χ1n) is 14.9. The van der Waals surface area contributed by atoms with Gasteiger partial charge in [-0.25, -0.2) is 8.42 Å². The number of sulfone groups is 1. The van der Waals surface area contributed by atoms with E-state index < -0.39 is 9.84 Å². The average molecular weight is 566 g/mol. The number of hydrogen-bond donors (Lipinski definition) is 1. The van der Waals surface area contributed by atoms with Crippen LogP contribution in [0.15, 0.2) is 59.5 Å². The summed E-state index contributed by atoms with van der Waals surface area (Å²) < 4.78 is 23.5. The molecule has 5 rings (SSSR count). The van der Waals surface area contributed by atoms with Gasteiger partial charge in [-0.15, -0.1) is 0 Å². The molecule has 7 nitrogen and oxygen atoms in total. The Morgan fingerprint density at radius 1 is 0.950 bits per heavy atom. The zero-order chi connectivity index (χ0) is 28.2. The van der Waals surface area contributed by atoms with E-state index in [0.717, 1.165) is 75.8 Å². The molecule has 0 radical (unpaired) electrons. The Morgan fingerprint density at radius 3 is 2.25 bits per heavy atom. The maximum absolute atomic E-state index is 13.5. The van der Waals surface area contributed by atoms with Gasteiger partial charge in [0.1, 0.15) is 0 Å². The number of likely N-dealkylation sites (tertiary alicyclic amines) is 2. The highest BCUT2D eigenvalue weighted by molar-refractivity contribution is 7.90. The number of benzene rings is 2. The van der Waals surface area contributed by atoms with Gasteiger partial charge in [-0.05, 0) is 81.4 Å². The van der Waals surface area contributed by atoms with E-state index in [9.17, 15) is 18.0 Å². The second-order valence-corrected chi connectivity index (χ2v) is 14.1. The molecule has 3 fully saturated rings. The van der Waals surface area contributed by atoms with E-state index in [0.29, 0.717) is 17.5 Å². The lowest BCUT2D eigenvalue weighted by Gasteiger charge is -2.38. The van der Waals surface area contributed by atoms with Crippen LogP contribution in [0.2, 0.25) is 0 Å². The third-order valence-corrected chi connectivity index (χ3v) is 10.5. The van der Waals surface area contributed by atoms with Crippen LogP contribution in [0.4, 0.5) is 0 Å². The number of hydrogen-bond acceptors (Lipinski definition) is 5. The van der Waals surface area contributed by atoms with Crippen molar-refractivity contribution in [3.8, 4) is 0 Å². The maximum Gasteiger partial charge on any atom is 0.229 e. The molecule has 2 saturated heterocycles. The van der Waals surface area contributed by atoms with Gasteiger partial charge < -0.3 is 15.1 Å². The zero-order valence-electron chi connectivity index (χ0n) is 23.7. The third-order valence-electron chi connectivity index (χ3n) is 9.34. The van der Waals surface area contributed by atoms with Gasteiger partial charge in [-0.2, -0.15) is 0 Å². The molecule has 1 spiro atoms. The van der Waals surface area contributed by atoms with Crippen molar-refractivity contribution in [3.05, 3.63) is 65.7 Å². The minimum absolute atomic E-state index is 0.151. The van der Waals surface area contributed by atoms with E-state index in [1.165, 1.54) is 25.5 Å². The van der Waals surface area contributed by atoms with E-state index >= 15 is 0 Å². The monoisotopic (exact) mass is 565 g/mol. The van der Waals surface area contributed by atoms with E-state index in [1.54, 1.807) is 12.1 Å². The molecular weight excluding hydrogens is 522 g/mol. The molecule has 216 valence electrons. The molecule has 2 aromatic rings. The van der Waals surface area contributed by atoms with Crippen molar-refractivity contribution in [2.45, 2.75) is 81.2 Å². The molecule has 0 aromatic heterocycles. The highest BCUT2D eigenvalue weighted by atomic mass is 32.2. The first-order chi connectivity index (χ1) is 19.2. The Balaban J connectivity index is 1.14. The summed E-state index contributed by atoms with van der Waals surface area (Å²) in [6, 6.07) is 17.3. The van der Waals surface area contributed by atoms with Crippen LogP contribution in [-0.2, 0) is 26.0 Å². The standard InChI is InChI=1S/C32H43N3O4S/c1-40(38,39)28-14-12-25(13-15-28)24-35-23-19-32(31(35)37)17-21-34(22-18-32)20-16-29(26-8-4-2-5-9-26)30(36)33-27-10-6-3-7-11-27/h2,4-5,8-9,12-15,27,29H,3,6-7,10-11,16-24H2,1H3,(H,33,36). The van der Waals surface area contributed by atoms with Crippen molar-refractivity contribution >= 4 is 21.7 Å². The topological polar surface area (TPSA) is 86.8 Å². The van der Waals surface area contributed by atoms with Crippen LogP contribution in [0, 0.1) is 5.41 Å². The van der Waals surface area contributed by atoms with Crippen LogP contribution in [-0.4, -0.2) is 68.5 Å². The van der Waals surface area contributed by atoms with Gasteiger partial charge in [0.05, 0.1) is 16.2 Å². The van der Waals surface area contributed by atoms with Crippen LogP contribution >= 0.6 is 0 Å². The average Bonchev–Trinajstić information content (AvgIpc) is 3.25. The first kappa shape index (κ1) is 28.8. The van der Waals surface area contributed by atoms with E-state index in [1.807, 2.05) is 35.2 Å². The Labute approximate surface area is 239 Å². The maximum atomic E-state index is 13.5. The summed E-state index contributed by atoms with van der Waals surface area (Å²) in [5, 5.41) is 3.35. The van der Waals surface area contributed by atoms with Crippen LogP contribution < -0.4 is 5.32 Å². The number of rotatable bonds is 9. The number of carbonyl (C=O) groups excluding carboxylic acids is 2. The zero-order valence-corrected chi connectivity index (χ0v) is 24.5. The van der Waals surface area contributed by atoms with Crippen molar-refractivity contribution in [2.24, 2.45) is 5.41 Å². The summed E-state index contributed by atoms with van der Waals surface area (Å²) in [5.41, 5.74) is 1.74. The van der Waals surface area contributed by atoms with Crippen molar-refractivity contribution in [3.63, 3.8) is 0 Å². The quantitative estimate of drug-likeness (QED) is 0.483. The minimum atomic E-state index is -3.23. The van der Waals surface area contributed by atoms with E-state index in [-0.39, 0.29) is 23.1 Å². The number of amides is 2. The summed E-state index contributed by atoms with van der Waals surface area (Å²) in [4.78, 5) is 31.5. The second-order valence-electron chi connectivity index (χ2n) is 12.1. The summed E-state index contributed by atoms with van der Waals surface area (Å²) in [6.45, 7) is 3.84. The fourth-order valence-electron chi connectivity index (χ4n) is 6.77. The van der Waals surface area contributed by atoms with Crippen molar-refractivity contribution in [1.29, 1.82) is 0 Å². The largest absolute Gasteiger partial charge is 0.353 e. The summed E-state index contributed by atoms with van der Waals surface area (Å²) in [7, 11) is -3.23. The van der Waals surface area contributed by atoms with Gasteiger partial charge in [-0.3, -0.25) is 9.59 Å². The minimum Gasteiger partial charge on any atom is -0.353 e. The highest BCUT2D eigenvalue weighted by Gasteiger charge is 2.47. The van der Waals surface area contributed by atoms with Gasteiger partial charge in [0.15, 0.2) is 9.84 Å². The molecule has 2 amide bonds. The van der Waals surface area contributed by atoms with Gasteiger partial charge in [-0.1, -0.05) is 61.7 Å². The van der Waals surface area contributed by atoms with Crippen LogP contribution in [0.25, 0.3) is 0 Å².